The van der Waals surface area contributed by atoms with Crippen LogP contribution in [0.4, 0.5) is 0 Å². The Balaban J connectivity index is 1.70. The second-order valence-electron chi connectivity index (χ2n) is 5.52. The van der Waals surface area contributed by atoms with Crippen LogP contribution in [0.15, 0.2) is 11.4 Å². The van der Waals surface area contributed by atoms with Gasteiger partial charge in [0, 0.05) is 13.1 Å². The van der Waals surface area contributed by atoms with Crippen LogP contribution in [0.3, 0.4) is 0 Å². The number of nitrogens with zero attached hydrogens (tertiary/aromatic N) is 2. The van der Waals surface area contributed by atoms with Gasteiger partial charge in [0.25, 0.3) is 5.91 Å². The second-order valence-corrected chi connectivity index (χ2v) is 6.44. The van der Waals surface area contributed by atoms with Crippen LogP contribution < -0.4 is 0 Å². The number of aliphatic hydroxyl groups excluding tert-OH is 1. The molecule has 3 heterocycles. The summed E-state index contributed by atoms with van der Waals surface area (Å²) < 4.78 is 0. The number of thiophene rings is 1. The van der Waals surface area contributed by atoms with Gasteiger partial charge in [-0.05, 0) is 49.9 Å². The van der Waals surface area contributed by atoms with Gasteiger partial charge in [0.05, 0.1) is 17.0 Å². The van der Waals surface area contributed by atoms with E-state index in [9.17, 15) is 9.90 Å². The molecule has 0 aliphatic carbocycles. The molecule has 0 bridgehead atoms. The number of likely N-dealkylation sites (tertiary alicyclic amines) is 2. The van der Waals surface area contributed by atoms with Crippen molar-refractivity contribution in [3.05, 3.63) is 21.9 Å². The lowest BCUT2D eigenvalue weighted by atomic mass is 10.2. The first kappa shape index (κ1) is 13.1. The molecule has 1 amide bonds. The lowest BCUT2D eigenvalue weighted by Gasteiger charge is -2.25. The minimum Gasteiger partial charge on any atom is -0.390 e. The molecule has 2 aliphatic rings. The molecule has 2 saturated heterocycles. The van der Waals surface area contributed by atoms with E-state index >= 15 is 0 Å². The number of carbonyl (C=O) groups excluding carboxylic acids is 1. The smallest absolute Gasteiger partial charge is 0.264 e. The summed E-state index contributed by atoms with van der Waals surface area (Å²) in [7, 11) is 0. The third kappa shape index (κ3) is 2.42. The van der Waals surface area contributed by atoms with Crippen molar-refractivity contribution in [2.24, 2.45) is 0 Å². The summed E-state index contributed by atoms with van der Waals surface area (Å²) in [6.07, 6.45) is 2.02. The number of β-amino-alcohol motifs (C(OH)–C–C–N with tert-alkyl or cyclic N) is 1. The van der Waals surface area contributed by atoms with Gasteiger partial charge < -0.3 is 10.0 Å². The van der Waals surface area contributed by atoms with Crippen LogP contribution in [-0.4, -0.2) is 59.1 Å². The highest BCUT2D eigenvalue weighted by Gasteiger charge is 2.39. The highest BCUT2D eigenvalue weighted by atomic mass is 32.1. The van der Waals surface area contributed by atoms with Crippen LogP contribution in [0.1, 0.15) is 28.1 Å². The highest BCUT2D eigenvalue weighted by Crippen LogP contribution is 2.24. The number of amides is 1. The fourth-order valence-electron chi connectivity index (χ4n) is 3.10. The molecule has 4 nitrogen and oxygen atoms in total. The molecule has 19 heavy (non-hydrogen) atoms. The van der Waals surface area contributed by atoms with E-state index in [1.54, 1.807) is 0 Å². The van der Waals surface area contributed by atoms with Crippen molar-refractivity contribution in [3.63, 3.8) is 0 Å². The van der Waals surface area contributed by atoms with Crippen molar-refractivity contribution in [3.8, 4) is 0 Å². The van der Waals surface area contributed by atoms with E-state index < -0.39 is 6.10 Å². The first-order valence-electron chi connectivity index (χ1n) is 6.92. The molecule has 5 heteroatoms. The van der Waals surface area contributed by atoms with Gasteiger partial charge >= 0.3 is 0 Å². The molecule has 2 fully saturated rings. The number of hydrogen-bond acceptors (Lipinski definition) is 4. The van der Waals surface area contributed by atoms with Crippen molar-refractivity contribution < 1.29 is 9.90 Å². The number of carbonyl (C=O) groups is 1. The molecular weight excluding hydrogens is 260 g/mol. The zero-order valence-corrected chi connectivity index (χ0v) is 12.0. The molecule has 0 radical (unpaired) electrons. The molecule has 0 spiro atoms. The molecule has 1 aromatic heterocycles. The zero-order chi connectivity index (χ0) is 13.4. The normalized spacial score (nSPS) is 28.2. The molecule has 3 rings (SSSR count). The van der Waals surface area contributed by atoms with Crippen LogP contribution in [0, 0.1) is 6.92 Å². The lowest BCUT2D eigenvalue weighted by Crippen LogP contribution is -2.41. The molecular formula is C14H20N2O2S. The Bertz CT molecular complexity index is 468. The maximum atomic E-state index is 12.4. The zero-order valence-electron chi connectivity index (χ0n) is 11.2. The summed E-state index contributed by atoms with van der Waals surface area (Å²) in [6.45, 7) is 5.21. The Morgan fingerprint density at radius 1 is 1.37 bits per heavy atom. The Hall–Kier alpha value is -0.910. The predicted octanol–water partition coefficient (Wildman–Crippen LogP) is 1.34. The van der Waals surface area contributed by atoms with E-state index in [1.807, 2.05) is 23.3 Å². The van der Waals surface area contributed by atoms with E-state index in [1.165, 1.54) is 24.2 Å². The quantitative estimate of drug-likeness (QED) is 0.889. The number of hydrogen-bond donors (Lipinski definition) is 1. The maximum Gasteiger partial charge on any atom is 0.264 e. The van der Waals surface area contributed by atoms with Crippen LogP contribution in [0.5, 0.6) is 0 Å². The van der Waals surface area contributed by atoms with Gasteiger partial charge in [0.2, 0.25) is 0 Å². The Morgan fingerprint density at radius 2 is 2.11 bits per heavy atom. The van der Waals surface area contributed by atoms with Crippen molar-refractivity contribution in [2.45, 2.75) is 31.9 Å². The van der Waals surface area contributed by atoms with E-state index in [0.717, 1.165) is 23.5 Å². The first-order chi connectivity index (χ1) is 9.16. The summed E-state index contributed by atoms with van der Waals surface area (Å²) in [5.74, 6) is 0.0771. The summed E-state index contributed by atoms with van der Waals surface area (Å²) in [5, 5.41) is 12.2. The predicted molar refractivity (Wildman–Crippen MR) is 75.6 cm³/mol. The van der Waals surface area contributed by atoms with E-state index in [2.05, 4.69) is 4.90 Å². The summed E-state index contributed by atoms with van der Waals surface area (Å²) in [6, 6.07) is 2.11. The van der Waals surface area contributed by atoms with Gasteiger partial charge in [-0.25, -0.2) is 0 Å². The van der Waals surface area contributed by atoms with Crippen LogP contribution in [-0.2, 0) is 0 Å². The number of rotatable bonds is 2. The SMILES string of the molecule is Cc1ccsc1C(=O)N1C[C@H](O)[C@@H](N2CCCC2)C1. The summed E-state index contributed by atoms with van der Waals surface area (Å²) in [5.41, 5.74) is 1.04. The molecule has 2 atom stereocenters. The number of aliphatic hydroxyl groups is 1. The molecule has 0 aromatic carbocycles. The van der Waals surface area contributed by atoms with E-state index in [0.29, 0.717) is 13.1 Å². The minimum atomic E-state index is -0.401. The summed E-state index contributed by atoms with van der Waals surface area (Å²) in [4.78, 5) is 17.4. The van der Waals surface area contributed by atoms with Gasteiger partial charge in [-0.15, -0.1) is 11.3 Å². The Labute approximate surface area is 117 Å². The molecule has 2 aliphatic heterocycles. The summed E-state index contributed by atoms with van der Waals surface area (Å²) >= 11 is 1.49. The van der Waals surface area contributed by atoms with Crippen LogP contribution >= 0.6 is 11.3 Å². The molecule has 0 unspecified atom stereocenters. The third-order valence-corrected chi connectivity index (χ3v) is 5.22. The first-order valence-corrected chi connectivity index (χ1v) is 7.80. The number of aryl methyl sites for hydroxylation is 1. The van der Waals surface area contributed by atoms with Crippen molar-refractivity contribution in [1.82, 2.24) is 9.80 Å². The van der Waals surface area contributed by atoms with Crippen LogP contribution in [0.2, 0.25) is 0 Å². The molecule has 0 saturated carbocycles. The fraction of sp³-hybridized carbons (Fsp3) is 0.643. The van der Waals surface area contributed by atoms with E-state index in [4.69, 9.17) is 0 Å². The average molecular weight is 280 g/mol. The van der Waals surface area contributed by atoms with Gasteiger partial charge in [0.15, 0.2) is 0 Å². The van der Waals surface area contributed by atoms with Gasteiger partial charge in [0.1, 0.15) is 0 Å². The highest BCUT2D eigenvalue weighted by molar-refractivity contribution is 7.12. The lowest BCUT2D eigenvalue weighted by molar-refractivity contribution is 0.0767. The van der Waals surface area contributed by atoms with Crippen molar-refractivity contribution in [1.29, 1.82) is 0 Å². The van der Waals surface area contributed by atoms with Crippen molar-refractivity contribution >= 4 is 17.2 Å². The largest absolute Gasteiger partial charge is 0.390 e. The van der Waals surface area contributed by atoms with Gasteiger partial charge in [-0.3, -0.25) is 9.69 Å². The van der Waals surface area contributed by atoms with Crippen molar-refractivity contribution in [2.75, 3.05) is 26.2 Å². The standard InChI is InChI=1S/C14H20N2O2S/c1-10-4-7-19-13(10)14(18)16-8-11(12(17)9-16)15-5-2-3-6-15/h4,7,11-12,17H,2-3,5-6,8-9H2,1H3/t11-,12-/m0/s1. The monoisotopic (exact) mass is 280 g/mol. The average Bonchev–Trinajstić information content (AvgIpc) is 3.07. The maximum absolute atomic E-state index is 12.4. The molecule has 104 valence electrons. The molecule has 1 aromatic rings. The van der Waals surface area contributed by atoms with Gasteiger partial charge in [-0.1, -0.05) is 0 Å². The van der Waals surface area contributed by atoms with Crippen LogP contribution in [0.25, 0.3) is 0 Å². The second kappa shape index (κ2) is 5.23. The van der Waals surface area contributed by atoms with E-state index in [-0.39, 0.29) is 11.9 Å². The topological polar surface area (TPSA) is 43.8 Å². The Kier molecular flexibility index (Phi) is 3.60. The minimum absolute atomic E-state index is 0.0771. The third-order valence-electron chi connectivity index (χ3n) is 4.21. The Morgan fingerprint density at radius 3 is 2.74 bits per heavy atom. The molecule has 1 N–H and O–H groups in total. The van der Waals surface area contributed by atoms with Gasteiger partial charge in [-0.2, -0.15) is 0 Å². The fourth-order valence-corrected chi connectivity index (χ4v) is 3.99.